The summed E-state index contributed by atoms with van der Waals surface area (Å²) in [5.74, 6) is -0.310. The van der Waals surface area contributed by atoms with Crippen LogP contribution in [0.1, 0.15) is 25.7 Å². The van der Waals surface area contributed by atoms with Gasteiger partial charge < -0.3 is 10.6 Å². The molecule has 0 bridgehead atoms. The lowest BCUT2D eigenvalue weighted by atomic mass is 10.2. The topological polar surface area (TPSA) is 71.1 Å². The summed E-state index contributed by atoms with van der Waals surface area (Å²) in [7, 11) is 0. The first kappa shape index (κ1) is 17.3. The smallest absolute Gasteiger partial charge is 0.263 e. The van der Waals surface area contributed by atoms with Crippen LogP contribution in [0.3, 0.4) is 0 Å². The molecule has 0 atom stereocenters. The first-order valence-electron chi connectivity index (χ1n) is 7.78. The minimum absolute atomic E-state index is 0.149. The van der Waals surface area contributed by atoms with Gasteiger partial charge in [-0.1, -0.05) is 24.3 Å². The molecule has 2 amide bonds. The van der Waals surface area contributed by atoms with Crippen molar-refractivity contribution in [3.05, 3.63) is 64.0 Å². The number of thiazole rings is 1. The van der Waals surface area contributed by atoms with Crippen molar-refractivity contribution in [2.75, 3.05) is 13.1 Å². The van der Waals surface area contributed by atoms with Crippen molar-refractivity contribution in [2.45, 2.75) is 6.92 Å². The Morgan fingerprint density at radius 2 is 1.72 bits per heavy atom. The lowest BCUT2D eigenvalue weighted by molar-refractivity contribution is 0.0929. The first-order chi connectivity index (χ1) is 12.1. The molecule has 7 heteroatoms. The van der Waals surface area contributed by atoms with Gasteiger partial charge in [-0.05, 0) is 30.5 Å². The number of carbonyl (C=O) groups is 2. The molecule has 0 aliphatic heterocycles. The maximum Gasteiger partial charge on any atom is 0.263 e. The van der Waals surface area contributed by atoms with Crippen LogP contribution in [0.5, 0.6) is 0 Å². The zero-order valence-corrected chi connectivity index (χ0v) is 15.2. The molecule has 128 valence electrons. The van der Waals surface area contributed by atoms with E-state index < -0.39 is 0 Å². The van der Waals surface area contributed by atoms with E-state index in [4.69, 9.17) is 0 Å². The summed E-state index contributed by atoms with van der Waals surface area (Å²) in [6, 6.07) is 12.9. The predicted molar refractivity (Wildman–Crippen MR) is 101 cm³/mol. The summed E-state index contributed by atoms with van der Waals surface area (Å²) >= 11 is 2.99. The number of thiophene rings is 1. The van der Waals surface area contributed by atoms with E-state index >= 15 is 0 Å². The molecule has 0 aliphatic rings. The van der Waals surface area contributed by atoms with E-state index in [1.54, 1.807) is 23.5 Å². The number of carbonyl (C=O) groups excluding carboxylic acids is 2. The highest BCUT2D eigenvalue weighted by Gasteiger charge is 2.16. The second kappa shape index (κ2) is 8.04. The van der Waals surface area contributed by atoms with Crippen LogP contribution in [-0.2, 0) is 0 Å². The predicted octanol–water partition coefficient (Wildman–Crippen LogP) is 3.34. The maximum absolute atomic E-state index is 12.3. The van der Waals surface area contributed by atoms with Crippen molar-refractivity contribution in [1.29, 1.82) is 0 Å². The average molecular weight is 371 g/mol. The maximum atomic E-state index is 12.3. The molecule has 5 nitrogen and oxygen atoms in total. The number of nitrogens with zero attached hydrogens (tertiary/aromatic N) is 1. The number of rotatable bonds is 6. The summed E-state index contributed by atoms with van der Waals surface area (Å²) in [6.07, 6.45) is 0. The van der Waals surface area contributed by atoms with Crippen molar-refractivity contribution in [3.8, 4) is 9.88 Å². The van der Waals surface area contributed by atoms with Gasteiger partial charge in [-0.3, -0.25) is 9.59 Å². The van der Waals surface area contributed by atoms with Crippen molar-refractivity contribution in [2.24, 2.45) is 0 Å². The lowest BCUT2D eigenvalue weighted by Gasteiger charge is -2.06. The lowest BCUT2D eigenvalue weighted by Crippen LogP contribution is -2.34. The van der Waals surface area contributed by atoms with E-state index in [2.05, 4.69) is 15.6 Å². The monoisotopic (exact) mass is 371 g/mol. The third-order valence-corrected chi connectivity index (χ3v) is 5.66. The van der Waals surface area contributed by atoms with E-state index in [1.165, 1.54) is 11.3 Å². The number of aryl methyl sites for hydroxylation is 1. The Morgan fingerprint density at radius 1 is 1.00 bits per heavy atom. The molecule has 3 rings (SSSR count). The van der Waals surface area contributed by atoms with E-state index in [9.17, 15) is 9.59 Å². The summed E-state index contributed by atoms with van der Waals surface area (Å²) in [4.78, 5) is 30.4. The van der Waals surface area contributed by atoms with Crippen molar-refractivity contribution in [3.63, 3.8) is 0 Å². The fourth-order valence-electron chi connectivity index (χ4n) is 2.24. The molecule has 0 aliphatic carbocycles. The third kappa shape index (κ3) is 4.32. The SMILES string of the molecule is Cc1nc(-c2cccs2)sc1C(=O)NCCNC(=O)c1ccccc1. The van der Waals surface area contributed by atoms with Gasteiger partial charge in [0.25, 0.3) is 11.8 Å². The third-order valence-electron chi connectivity index (χ3n) is 3.47. The van der Waals surface area contributed by atoms with Gasteiger partial charge in [0.05, 0.1) is 10.6 Å². The number of benzene rings is 1. The molecule has 0 fully saturated rings. The zero-order valence-electron chi connectivity index (χ0n) is 13.6. The minimum atomic E-state index is -0.160. The van der Waals surface area contributed by atoms with E-state index in [1.807, 2.05) is 42.6 Å². The summed E-state index contributed by atoms with van der Waals surface area (Å²) in [5, 5.41) is 8.45. The minimum Gasteiger partial charge on any atom is -0.350 e. The van der Waals surface area contributed by atoms with Crippen LogP contribution in [0.2, 0.25) is 0 Å². The fraction of sp³-hybridized carbons (Fsp3) is 0.167. The Hall–Kier alpha value is -2.51. The molecule has 25 heavy (non-hydrogen) atoms. The van der Waals surface area contributed by atoms with Crippen LogP contribution in [0.4, 0.5) is 0 Å². The Balaban J connectivity index is 1.51. The number of amides is 2. The van der Waals surface area contributed by atoms with Crippen molar-refractivity contribution < 1.29 is 9.59 Å². The van der Waals surface area contributed by atoms with Gasteiger partial charge in [-0.15, -0.1) is 22.7 Å². The summed E-state index contributed by atoms with van der Waals surface area (Å²) in [6.45, 7) is 2.57. The summed E-state index contributed by atoms with van der Waals surface area (Å²) in [5.41, 5.74) is 1.33. The molecule has 3 aromatic rings. The molecule has 0 spiro atoms. The van der Waals surface area contributed by atoms with Gasteiger partial charge in [0.15, 0.2) is 0 Å². The molecule has 0 saturated carbocycles. The van der Waals surface area contributed by atoms with Gasteiger partial charge in [0.2, 0.25) is 0 Å². The van der Waals surface area contributed by atoms with Gasteiger partial charge in [0.1, 0.15) is 9.88 Å². The second-order valence-electron chi connectivity index (χ2n) is 5.29. The molecule has 2 aromatic heterocycles. The van der Waals surface area contributed by atoms with Crippen molar-refractivity contribution in [1.82, 2.24) is 15.6 Å². The van der Waals surface area contributed by atoms with Gasteiger partial charge in [-0.25, -0.2) is 4.98 Å². The largest absolute Gasteiger partial charge is 0.350 e. The van der Waals surface area contributed by atoms with Crippen LogP contribution in [-0.4, -0.2) is 29.9 Å². The highest BCUT2D eigenvalue weighted by Crippen LogP contribution is 2.30. The van der Waals surface area contributed by atoms with Crippen LogP contribution in [0, 0.1) is 6.92 Å². The standard InChI is InChI=1S/C18H17N3O2S2/c1-12-15(25-18(21-12)14-8-5-11-24-14)17(23)20-10-9-19-16(22)13-6-3-2-4-7-13/h2-8,11H,9-10H2,1H3,(H,19,22)(H,20,23). The van der Waals surface area contributed by atoms with E-state index in [0.717, 1.165) is 15.6 Å². The quantitative estimate of drug-likeness (QED) is 0.653. The molecular formula is C18H17N3O2S2. The fourth-order valence-corrected chi connectivity index (χ4v) is 4.02. The Bertz CT molecular complexity index is 858. The van der Waals surface area contributed by atoms with Gasteiger partial charge in [-0.2, -0.15) is 0 Å². The second-order valence-corrected chi connectivity index (χ2v) is 7.24. The molecule has 1 aromatic carbocycles. The van der Waals surface area contributed by atoms with Crippen LogP contribution in [0.15, 0.2) is 47.8 Å². The number of hydrogen-bond acceptors (Lipinski definition) is 5. The van der Waals surface area contributed by atoms with Crippen LogP contribution < -0.4 is 10.6 Å². The normalized spacial score (nSPS) is 10.4. The number of nitrogens with one attached hydrogen (secondary N) is 2. The van der Waals surface area contributed by atoms with Crippen LogP contribution in [0.25, 0.3) is 9.88 Å². The van der Waals surface area contributed by atoms with Crippen molar-refractivity contribution >= 4 is 34.5 Å². The molecule has 2 heterocycles. The van der Waals surface area contributed by atoms with E-state index in [-0.39, 0.29) is 11.8 Å². The Morgan fingerprint density at radius 3 is 2.40 bits per heavy atom. The molecule has 0 radical (unpaired) electrons. The Labute approximate surface area is 153 Å². The average Bonchev–Trinajstić information content (AvgIpc) is 3.28. The molecule has 0 unspecified atom stereocenters. The van der Waals surface area contributed by atoms with Gasteiger partial charge >= 0.3 is 0 Å². The van der Waals surface area contributed by atoms with Gasteiger partial charge in [0, 0.05) is 18.7 Å². The highest BCUT2D eigenvalue weighted by atomic mass is 32.1. The first-order valence-corrected chi connectivity index (χ1v) is 9.47. The highest BCUT2D eigenvalue weighted by molar-refractivity contribution is 7.22. The molecular weight excluding hydrogens is 354 g/mol. The molecule has 2 N–H and O–H groups in total. The summed E-state index contributed by atoms with van der Waals surface area (Å²) < 4.78 is 0. The number of aromatic nitrogens is 1. The Kier molecular flexibility index (Phi) is 5.57. The molecule has 0 saturated heterocycles. The van der Waals surface area contributed by atoms with Crippen LogP contribution >= 0.6 is 22.7 Å². The zero-order chi connectivity index (χ0) is 17.6. The number of hydrogen-bond donors (Lipinski definition) is 2. The van der Waals surface area contributed by atoms with E-state index in [0.29, 0.717) is 23.5 Å².